The molecule has 3 rings (SSSR count). The van der Waals surface area contributed by atoms with Gasteiger partial charge in [-0.1, -0.05) is 13.8 Å². The molecule has 0 aliphatic carbocycles. The van der Waals surface area contributed by atoms with Gasteiger partial charge in [-0.05, 0) is 18.2 Å². The van der Waals surface area contributed by atoms with Gasteiger partial charge in [-0.15, -0.1) is 0 Å². The summed E-state index contributed by atoms with van der Waals surface area (Å²) in [5, 5.41) is 0. The number of furan rings is 1. The minimum atomic E-state index is -1.34. The Morgan fingerprint density at radius 1 is 1.26 bits per heavy atom. The summed E-state index contributed by atoms with van der Waals surface area (Å²) >= 11 is 0. The third-order valence-corrected chi connectivity index (χ3v) is 3.70. The van der Waals surface area contributed by atoms with E-state index < -0.39 is 23.0 Å². The van der Waals surface area contributed by atoms with Crippen LogP contribution in [0.5, 0.6) is 0 Å². The van der Waals surface area contributed by atoms with Gasteiger partial charge in [-0.2, -0.15) is 0 Å². The first kappa shape index (κ1) is 12.0. The van der Waals surface area contributed by atoms with Gasteiger partial charge < -0.3 is 13.9 Å². The largest absolute Gasteiger partial charge is 0.465 e. The summed E-state index contributed by atoms with van der Waals surface area (Å²) in [6, 6.07) is 3.49. The van der Waals surface area contributed by atoms with Gasteiger partial charge in [0.05, 0.1) is 18.1 Å². The van der Waals surface area contributed by atoms with Crippen molar-refractivity contribution < 1.29 is 23.5 Å². The quantitative estimate of drug-likeness (QED) is 0.723. The summed E-state index contributed by atoms with van der Waals surface area (Å²) in [7, 11) is 0. The molecule has 19 heavy (non-hydrogen) atoms. The van der Waals surface area contributed by atoms with E-state index in [4.69, 9.17) is 13.9 Å². The molecule has 1 aromatic rings. The van der Waals surface area contributed by atoms with Crippen molar-refractivity contribution in [3.63, 3.8) is 0 Å². The number of carbonyl (C=O) groups excluding carboxylic acids is 2. The van der Waals surface area contributed by atoms with E-state index in [9.17, 15) is 9.59 Å². The van der Waals surface area contributed by atoms with Gasteiger partial charge in [0.1, 0.15) is 12.4 Å². The van der Waals surface area contributed by atoms with E-state index in [2.05, 4.69) is 0 Å². The van der Waals surface area contributed by atoms with Crippen molar-refractivity contribution in [1.29, 1.82) is 0 Å². The predicted molar refractivity (Wildman–Crippen MR) is 64.9 cm³/mol. The van der Waals surface area contributed by atoms with Crippen molar-refractivity contribution >= 4 is 17.5 Å². The van der Waals surface area contributed by atoms with Crippen LogP contribution in [0.3, 0.4) is 0 Å². The Kier molecular flexibility index (Phi) is 2.36. The molecule has 3 heterocycles. The van der Waals surface area contributed by atoms with E-state index in [1.807, 2.05) is 13.8 Å². The third kappa shape index (κ3) is 1.61. The number of ether oxygens (including phenoxy) is 2. The van der Waals surface area contributed by atoms with Crippen LogP contribution in [0.2, 0.25) is 0 Å². The molecule has 0 aromatic carbocycles. The van der Waals surface area contributed by atoms with Crippen LogP contribution in [0, 0.1) is 5.41 Å². The predicted octanol–water partition coefficient (Wildman–Crippen LogP) is 1.93. The highest BCUT2D eigenvalue weighted by molar-refractivity contribution is 5.96. The molecule has 0 N–H and O–H groups in total. The molecular formula is C14H14O5. The molecule has 5 nitrogen and oxygen atoms in total. The molecule has 1 fully saturated rings. The Labute approximate surface area is 110 Å². The number of cyclic esters (lactones) is 1. The van der Waals surface area contributed by atoms with Crippen molar-refractivity contribution in [3.05, 3.63) is 30.2 Å². The summed E-state index contributed by atoms with van der Waals surface area (Å²) in [4.78, 5) is 23.9. The lowest BCUT2D eigenvalue weighted by atomic mass is 9.74. The molecular weight excluding hydrogens is 248 g/mol. The molecule has 1 spiro atoms. The second-order valence-electron chi connectivity index (χ2n) is 5.49. The van der Waals surface area contributed by atoms with E-state index in [1.54, 1.807) is 18.2 Å². The molecule has 0 radical (unpaired) electrons. The lowest BCUT2D eigenvalue weighted by Gasteiger charge is -2.36. The van der Waals surface area contributed by atoms with E-state index in [0.717, 1.165) is 0 Å². The van der Waals surface area contributed by atoms with Crippen molar-refractivity contribution in [2.75, 3.05) is 6.61 Å². The Bertz CT molecular complexity index is 567. The van der Waals surface area contributed by atoms with Crippen LogP contribution in [-0.4, -0.2) is 24.1 Å². The van der Waals surface area contributed by atoms with Crippen LogP contribution in [0.1, 0.15) is 26.0 Å². The first-order chi connectivity index (χ1) is 8.95. The summed E-state index contributed by atoms with van der Waals surface area (Å²) in [5.74, 6) is -0.387. The van der Waals surface area contributed by atoms with Crippen molar-refractivity contribution in [2.45, 2.75) is 25.9 Å². The number of carbonyl (C=O) groups is 2. The standard InChI is InChI=1S/C14H14O5/c1-13(2)8-18-12(16)14(13)7-9(6-11(15)19-14)10-4-3-5-17-10/h3-5,7H,6,8H2,1-2H3/t14-/m0/s1. The molecule has 0 unspecified atom stereocenters. The normalized spacial score (nSPS) is 29.1. The maximum absolute atomic E-state index is 12.1. The highest BCUT2D eigenvalue weighted by Gasteiger charge is 2.61. The molecule has 5 heteroatoms. The van der Waals surface area contributed by atoms with E-state index in [0.29, 0.717) is 11.3 Å². The minimum Gasteiger partial charge on any atom is -0.465 e. The smallest absolute Gasteiger partial charge is 0.355 e. The Morgan fingerprint density at radius 3 is 2.63 bits per heavy atom. The highest BCUT2D eigenvalue weighted by atomic mass is 16.6. The molecule has 1 aromatic heterocycles. The van der Waals surface area contributed by atoms with Crippen LogP contribution in [0.25, 0.3) is 5.57 Å². The molecule has 0 saturated carbocycles. The van der Waals surface area contributed by atoms with E-state index in [-0.39, 0.29) is 13.0 Å². The molecule has 100 valence electrons. The number of hydrogen-bond donors (Lipinski definition) is 0. The van der Waals surface area contributed by atoms with Crippen molar-refractivity contribution in [3.8, 4) is 0 Å². The SMILES string of the molecule is CC1(C)COC(=O)[C@@]12C=C(c1ccco1)CC(=O)O2. The van der Waals surface area contributed by atoms with E-state index in [1.165, 1.54) is 6.26 Å². The summed E-state index contributed by atoms with van der Waals surface area (Å²) in [6.45, 7) is 3.90. The van der Waals surface area contributed by atoms with Gasteiger partial charge in [0, 0.05) is 5.57 Å². The van der Waals surface area contributed by atoms with Crippen LogP contribution in [0.4, 0.5) is 0 Å². The van der Waals surface area contributed by atoms with Gasteiger partial charge in [-0.3, -0.25) is 4.79 Å². The summed E-state index contributed by atoms with van der Waals surface area (Å²) in [6.07, 6.45) is 3.29. The fourth-order valence-corrected chi connectivity index (χ4v) is 2.49. The number of esters is 2. The van der Waals surface area contributed by atoms with Gasteiger partial charge in [0.15, 0.2) is 0 Å². The lowest BCUT2D eigenvalue weighted by Crippen LogP contribution is -2.50. The van der Waals surface area contributed by atoms with Crippen molar-refractivity contribution in [2.24, 2.45) is 5.41 Å². The van der Waals surface area contributed by atoms with Crippen molar-refractivity contribution in [1.82, 2.24) is 0 Å². The topological polar surface area (TPSA) is 65.7 Å². The monoisotopic (exact) mass is 262 g/mol. The first-order valence-corrected chi connectivity index (χ1v) is 6.09. The van der Waals surface area contributed by atoms with Gasteiger partial charge in [0.2, 0.25) is 5.60 Å². The molecule has 2 aliphatic heterocycles. The Balaban J connectivity index is 2.13. The molecule has 2 aliphatic rings. The number of hydrogen-bond acceptors (Lipinski definition) is 5. The van der Waals surface area contributed by atoms with Gasteiger partial charge in [0.25, 0.3) is 0 Å². The first-order valence-electron chi connectivity index (χ1n) is 6.09. The third-order valence-electron chi connectivity index (χ3n) is 3.70. The number of rotatable bonds is 1. The second kappa shape index (κ2) is 3.73. The van der Waals surface area contributed by atoms with Gasteiger partial charge in [-0.25, -0.2) is 4.79 Å². The summed E-state index contributed by atoms with van der Waals surface area (Å²) in [5.41, 5.74) is -1.28. The Hall–Kier alpha value is -2.04. The zero-order chi connectivity index (χ0) is 13.7. The van der Waals surface area contributed by atoms with E-state index >= 15 is 0 Å². The fourth-order valence-electron chi connectivity index (χ4n) is 2.49. The van der Waals surface area contributed by atoms with Crippen LogP contribution >= 0.6 is 0 Å². The van der Waals surface area contributed by atoms with Crippen LogP contribution in [-0.2, 0) is 19.1 Å². The molecule has 1 saturated heterocycles. The molecule has 0 bridgehead atoms. The van der Waals surface area contributed by atoms with Crippen LogP contribution < -0.4 is 0 Å². The lowest BCUT2D eigenvalue weighted by molar-refractivity contribution is -0.173. The summed E-state index contributed by atoms with van der Waals surface area (Å²) < 4.78 is 15.7. The van der Waals surface area contributed by atoms with Gasteiger partial charge >= 0.3 is 11.9 Å². The maximum atomic E-state index is 12.1. The second-order valence-corrected chi connectivity index (χ2v) is 5.49. The Morgan fingerprint density at radius 2 is 2.05 bits per heavy atom. The zero-order valence-corrected chi connectivity index (χ0v) is 10.8. The molecule has 1 atom stereocenters. The molecule has 0 amide bonds. The zero-order valence-electron chi connectivity index (χ0n) is 10.8. The fraction of sp³-hybridized carbons (Fsp3) is 0.429. The average Bonchev–Trinajstić information content (AvgIpc) is 2.94. The average molecular weight is 262 g/mol. The highest BCUT2D eigenvalue weighted by Crippen LogP contribution is 2.46. The van der Waals surface area contributed by atoms with Crippen LogP contribution in [0.15, 0.2) is 28.9 Å². The minimum absolute atomic E-state index is 0.0959. The maximum Gasteiger partial charge on any atom is 0.355 e.